The number of carbonyl (C=O) groups excluding carboxylic acids is 1. The summed E-state index contributed by atoms with van der Waals surface area (Å²) in [5, 5.41) is 14.4. The first-order valence-electron chi connectivity index (χ1n) is 4.80. The maximum Gasteiger partial charge on any atom is 0.151 e. The Labute approximate surface area is 93.9 Å². The Bertz CT molecular complexity index is 372. The van der Waals surface area contributed by atoms with Gasteiger partial charge in [-0.3, -0.25) is 4.68 Å². The van der Waals surface area contributed by atoms with Gasteiger partial charge in [0.1, 0.15) is 5.60 Å². The van der Waals surface area contributed by atoms with Gasteiger partial charge in [0, 0.05) is 13.5 Å². The van der Waals surface area contributed by atoms with E-state index in [4.69, 9.17) is 11.6 Å². The molecule has 1 aromatic heterocycles. The quantitative estimate of drug-likeness (QED) is 0.789. The average Bonchev–Trinajstić information content (AvgIpc) is 2.45. The predicted molar refractivity (Wildman–Crippen MR) is 58.0 cm³/mol. The molecule has 1 atom stereocenters. The summed E-state index contributed by atoms with van der Waals surface area (Å²) in [4.78, 5) is 10.6. The molecule has 84 valence electrons. The monoisotopic (exact) mass is 230 g/mol. The molecule has 0 spiro atoms. The summed E-state index contributed by atoms with van der Waals surface area (Å²) < 4.78 is 1.61. The third-order valence-corrected chi connectivity index (χ3v) is 2.72. The molecule has 0 aliphatic rings. The van der Waals surface area contributed by atoms with Crippen molar-refractivity contribution in [2.75, 3.05) is 0 Å². The fourth-order valence-electron chi connectivity index (χ4n) is 1.39. The van der Waals surface area contributed by atoms with Crippen LogP contribution in [0.25, 0.3) is 0 Å². The Morgan fingerprint density at radius 2 is 2.27 bits per heavy atom. The lowest BCUT2D eigenvalue weighted by atomic mass is 10.0. The molecule has 5 heteroatoms. The molecular weight excluding hydrogens is 216 g/mol. The number of aldehydes is 1. The van der Waals surface area contributed by atoms with E-state index in [0.29, 0.717) is 17.0 Å². The van der Waals surface area contributed by atoms with Crippen molar-refractivity contribution in [3.63, 3.8) is 0 Å². The maximum atomic E-state index is 10.6. The van der Waals surface area contributed by atoms with Crippen LogP contribution in [0.4, 0.5) is 0 Å². The molecule has 0 saturated carbocycles. The number of aliphatic hydroxyl groups is 1. The van der Waals surface area contributed by atoms with Gasteiger partial charge in [0.15, 0.2) is 6.29 Å². The summed E-state index contributed by atoms with van der Waals surface area (Å²) in [6, 6.07) is 0. The highest BCUT2D eigenvalue weighted by atomic mass is 35.5. The fraction of sp³-hybridized carbons (Fsp3) is 0.600. The molecule has 0 fully saturated rings. The normalized spacial score (nSPS) is 15.0. The van der Waals surface area contributed by atoms with Crippen LogP contribution in [0.5, 0.6) is 0 Å². The van der Waals surface area contributed by atoms with Gasteiger partial charge in [-0.25, -0.2) is 0 Å². The molecule has 15 heavy (non-hydrogen) atoms. The predicted octanol–water partition coefficient (Wildman–Crippen LogP) is 1.13. The number of hydrogen-bond acceptors (Lipinski definition) is 3. The first-order valence-corrected chi connectivity index (χ1v) is 5.18. The van der Waals surface area contributed by atoms with Crippen molar-refractivity contribution in [3.05, 3.63) is 16.4 Å². The van der Waals surface area contributed by atoms with E-state index in [1.807, 2.05) is 6.92 Å². The number of halogens is 1. The van der Waals surface area contributed by atoms with E-state index in [9.17, 15) is 9.90 Å². The van der Waals surface area contributed by atoms with E-state index in [1.165, 1.54) is 6.92 Å². The number of nitrogens with zero attached hydrogens (tertiary/aromatic N) is 2. The molecule has 0 aliphatic heterocycles. The van der Waals surface area contributed by atoms with Gasteiger partial charge in [-0.1, -0.05) is 18.5 Å². The lowest BCUT2D eigenvalue weighted by molar-refractivity contribution is -0.122. The number of hydrogen-bond donors (Lipinski definition) is 1. The minimum atomic E-state index is -1.39. The van der Waals surface area contributed by atoms with Crippen molar-refractivity contribution in [2.24, 2.45) is 7.05 Å². The van der Waals surface area contributed by atoms with Crippen molar-refractivity contribution in [2.45, 2.75) is 32.3 Å². The highest BCUT2D eigenvalue weighted by molar-refractivity contribution is 6.31. The summed E-state index contributed by atoms with van der Waals surface area (Å²) in [5.74, 6) is 0. The largest absolute Gasteiger partial charge is 0.382 e. The Balaban J connectivity index is 3.04. The smallest absolute Gasteiger partial charge is 0.151 e. The van der Waals surface area contributed by atoms with Crippen molar-refractivity contribution in [1.82, 2.24) is 9.78 Å². The molecule has 1 rings (SSSR count). The van der Waals surface area contributed by atoms with Crippen LogP contribution in [0, 0.1) is 0 Å². The summed E-state index contributed by atoms with van der Waals surface area (Å²) in [5.41, 5.74) is 0.0871. The van der Waals surface area contributed by atoms with Gasteiger partial charge in [0.2, 0.25) is 0 Å². The molecule has 0 radical (unpaired) electrons. The van der Waals surface area contributed by atoms with E-state index in [0.717, 1.165) is 12.1 Å². The van der Waals surface area contributed by atoms with Crippen LogP contribution in [0.2, 0.25) is 5.02 Å². The van der Waals surface area contributed by atoms with Crippen LogP contribution in [0.3, 0.4) is 0 Å². The number of rotatable bonds is 4. The molecule has 0 aliphatic carbocycles. The van der Waals surface area contributed by atoms with E-state index in [-0.39, 0.29) is 6.42 Å². The Morgan fingerprint density at radius 1 is 1.67 bits per heavy atom. The third kappa shape index (κ3) is 2.58. The molecule has 1 aromatic rings. The van der Waals surface area contributed by atoms with Gasteiger partial charge in [0.25, 0.3) is 0 Å². The van der Waals surface area contributed by atoms with Gasteiger partial charge in [-0.2, -0.15) is 5.10 Å². The standard InChI is InChI=1S/C10H15ClN2O2/c1-4-7-9(11)8(13(3)12-7)5-10(2,15)6-14/h6,15H,4-5H2,1-3H3. The fourth-order valence-corrected chi connectivity index (χ4v) is 1.75. The zero-order chi connectivity index (χ0) is 11.6. The van der Waals surface area contributed by atoms with Crippen LogP contribution >= 0.6 is 11.6 Å². The van der Waals surface area contributed by atoms with E-state index < -0.39 is 5.60 Å². The second-order valence-corrected chi connectivity index (χ2v) is 4.21. The van der Waals surface area contributed by atoms with Crippen LogP contribution < -0.4 is 0 Å². The second-order valence-electron chi connectivity index (χ2n) is 3.84. The number of aryl methyl sites for hydroxylation is 2. The van der Waals surface area contributed by atoms with Gasteiger partial charge in [-0.15, -0.1) is 0 Å². The van der Waals surface area contributed by atoms with E-state index in [1.54, 1.807) is 11.7 Å². The van der Waals surface area contributed by atoms with E-state index >= 15 is 0 Å². The van der Waals surface area contributed by atoms with Crippen molar-refractivity contribution in [3.8, 4) is 0 Å². The maximum absolute atomic E-state index is 10.6. The van der Waals surface area contributed by atoms with Gasteiger partial charge in [-0.05, 0) is 13.3 Å². The summed E-state index contributed by atoms with van der Waals surface area (Å²) >= 11 is 6.08. The van der Waals surface area contributed by atoms with Gasteiger partial charge >= 0.3 is 0 Å². The molecule has 0 aromatic carbocycles. The molecule has 1 unspecified atom stereocenters. The van der Waals surface area contributed by atoms with Gasteiger partial charge in [0.05, 0.1) is 16.4 Å². The van der Waals surface area contributed by atoms with Crippen molar-refractivity contribution < 1.29 is 9.90 Å². The SMILES string of the molecule is CCc1nn(C)c(CC(C)(O)C=O)c1Cl. The number of aromatic nitrogens is 2. The second kappa shape index (κ2) is 4.33. The van der Waals surface area contributed by atoms with Crippen molar-refractivity contribution in [1.29, 1.82) is 0 Å². The Morgan fingerprint density at radius 3 is 2.67 bits per heavy atom. The lowest BCUT2D eigenvalue weighted by Crippen LogP contribution is -2.30. The highest BCUT2D eigenvalue weighted by Gasteiger charge is 2.24. The van der Waals surface area contributed by atoms with Crippen LogP contribution in [-0.4, -0.2) is 26.8 Å². The zero-order valence-corrected chi connectivity index (χ0v) is 9.88. The van der Waals surface area contributed by atoms with Crippen LogP contribution in [0.15, 0.2) is 0 Å². The van der Waals surface area contributed by atoms with E-state index in [2.05, 4.69) is 5.10 Å². The topological polar surface area (TPSA) is 55.1 Å². The minimum Gasteiger partial charge on any atom is -0.382 e. The average molecular weight is 231 g/mol. The van der Waals surface area contributed by atoms with Crippen molar-refractivity contribution >= 4 is 17.9 Å². The molecule has 0 bridgehead atoms. The Kier molecular flexibility index (Phi) is 3.52. The summed E-state index contributed by atoms with van der Waals surface area (Å²) in [7, 11) is 1.75. The lowest BCUT2D eigenvalue weighted by Gasteiger charge is -2.15. The van der Waals surface area contributed by atoms with Gasteiger partial charge < -0.3 is 9.90 Å². The molecule has 1 N–H and O–H groups in total. The molecule has 0 saturated heterocycles. The first-order chi connectivity index (χ1) is 6.91. The molecule has 1 heterocycles. The van der Waals surface area contributed by atoms with Crippen LogP contribution in [-0.2, 0) is 24.7 Å². The summed E-state index contributed by atoms with van der Waals surface area (Å²) in [6.07, 6.45) is 1.43. The molecule has 0 amide bonds. The highest BCUT2D eigenvalue weighted by Crippen LogP contribution is 2.24. The third-order valence-electron chi connectivity index (χ3n) is 2.28. The number of carbonyl (C=O) groups is 1. The Hall–Kier alpha value is -0.870. The zero-order valence-electron chi connectivity index (χ0n) is 9.12. The molecule has 4 nitrogen and oxygen atoms in total. The van der Waals surface area contributed by atoms with Crippen LogP contribution in [0.1, 0.15) is 25.2 Å². The molecular formula is C10H15ClN2O2. The first kappa shape index (κ1) is 12.2. The summed E-state index contributed by atoms with van der Waals surface area (Å²) in [6.45, 7) is 3.41. The minimum absolute atomic E-state index is 0.179.